The van der Waals surface area contributed by atoms with E-state index in [9.17, 15) is 13.2 Å². The molecule has 2 N–H and O–H groups in total. The number of hydrogen-bond donors (Lipinski definition) is 2. The van der Waals surface area contributed by atoms with E-state index in [1.807, 2.05) is 6.92 Å². The molecule has 0 aliphatic carbocycles. The van der Waals surface area contributed by atoms with Crippen molar-refractivity contribution in [2.75, 3.05) is 33.2 Å². The molecule has 0 saturated carbocycles. The number of carbonyl (C=O) groups is 1. The van der Waals surface area contributed by atoms with E-state index in [2.05, 4.69) is 10.0 Å². The first-order valence-corrected chi connectivity index (χ1v) is 9.95. The average Bonchev–Trinajstić information content (AvgIpc) is 2.67. The number of hydrogen-bond acceptors (Lipinski definition) is 6. The number of sulfonamides is 1. The summed E-state index contributed by atoms with van der Waals surface area (Å²) < 4.78 is 42.6. The van der Waals surface area contributed by atoms with Gasteiger partial charge in [-0.1, -0.05) is 17.7 Å². The van der Waals surface area contributed by atoms with Gasteiger partial charge in [0.25, 0.3) is 0 Å². The molecule has 0 spiro atoms. The first-order chi connectivity index (χ1) is 13.3. The van der Waals surface area contributed by atoms with E-state index in [0.717, 1.165) is 5.56 Å². The van der Waals surface area contributed by atoms with Gasteiger partial charge in [-0.05, 0) is 19.1 Å². The zero-order valence-electron chi connectivity index (χ0n) is 16.2. The van der Waals surface area contributed by atoms with Crippen LogP contribution in [-0.4, -0.2) is 42.2 Å². The van der Waals surface area contributed by atoms with Gasteiger partial charge in [-0.3, -0.25) is 4.79 Å². The number of benzene rings is 2. The van der Waals surface area contributed by atoms with Gasteiger partial charge in [-0.25, -0.2) is 13.1 Å². The predicted octanol–water partition coefficient (Wildman–Crippen LogP) is 2.33. The summed E-state index contributed by atoms with van der Waals surface area (Å²) in [6.07, 6.45) is -0.0399. The predicted molar refractivity (Wildman–Crippen MR) is 106 cm³/mol. The maximum absolute atomic E-state index is 12.2. The molecule has 0 fully saturated rings. The first kappa shape index (κ1) is 21.5. The Morgan fingerprint density at radius 2 is 1.54 bits per heavy atom. The summed E-state index contributed by atoms with van der Waals surface area (Å²) in [5.41, 5.74) is 1.41. The Labute approximate surface area is 164 Å². The van der Waals surface area contributed by atoms with Crippen molar-refractivity contribution in [3.05, 3.63) is 42.0 Å². The molecule has 0 aliphatic rings. The molecule has 2 aromatic rings. The fourth-order valence-electron chi connectivity index (χ4n) is 2.48. The van der Waals surface area contributed by atoms with E-state index in [1.165, 1.54) is 33.5 Å². The van der Waals surface area contributed by atoms with Crippen LogP contribution in [0.5, 0.6) is 17.2 Å². The van der Waals surface area contributed by atoms with Gasteiger partial charge in [0.1, 0.15) is 0 Å². The quantitative estimate of drug-likeness (QED) is 0.660. The molecule has 2 rings (SSSR count). The topological polar surface area (TPSA) is 103 Å². The molecule has 9 heteroatoms. The molecule has 8 nitrogen and oxygen atoms in total. The van der Waals surface area contributed by atoms with Crippen LogP contribution in [0.1, 0.15) is 12.0 Å². The second-order valence-corrected chi connectivity index (χ2v) is 7.69. The minimum absolute atomic E-state index is 0.0353. The molecule has 0 aliphatic heterocycles. The maximum atomic E-state index is 12.2. The Bertz CT molecular complexity index is 901. The highest BCUT2D eigenvalue weighted by atomic mass is 32.2. The van der Waals surface area contributed by atoms with Crippen molar-refractivity contribution in [3.8, 4) is 17.2 Å². The molecule has 0 bridgehead atoms. The van der Waals surface area contributed by atoms with Crippen LogP contribution in [0.4, 0.5) is 5.69 Å². The Morgan fingerprint density at radius 1 is 0.964 bits per heavy atom. The number of nitrogens with one attached hydrogen (secondary N) is 2. The Kier molecular flexibility index (Phi) is 7.24. The summed E-state index contributed by atoms with van der Waals surface area (Å²) in [5, 5.41) is 2.69. The Hall–Kier alpha value is -2.78. The number of amides is 1. The molecular formula is C19H24N2O6S. The lowest BCUT2D eigenvalue weighted by Crippen LogP contribution is -2.27. The van der Waals surface area contributed by atoms with Gasteiger partial charge < -0.3 is 19.5 Å². The summed E-state index contributed by atoms with van der Waals surface area (Å²) in [7, 11) is 0.772. The van der Waals surface area contributed by atoms with Gasteiger partial charge in [0.15, 0.2) is 11.5 Å². The largest absolute Gasteiger partial charge is 0.493 e. The van der Waals surface area contributed by atoms with Crippen LogP contribution in [0.2, 0.25) is 0 Å². The molecular weight excluding hydrogens is 384 g/mol. The minimum atomic E-state index is -3.66. The zero-order valence-corrected chi connectivity index (χ0v) is 17.1. The highest BCUT2D eigenvalue weighted by Crippen LogP contribution is 2.39. The lowest BCUT2D eigenvalue weighted by Gasteiger charge is -2.14. The van der Waals surface area contributed by atoms with E-state index < -0.39 is 10.0 Å². The third kappa shape index (κ3) is 5.37. The second kappa shape index (κ2) is 9.43. The van der Waals surface area contributed by atoms with Crippen LogP contribution in [-0.2, 0) is 14.8 Å². The molecule has 0 atom stereocenters. The van der Waals surface area contributed by atoms with Gasteiger partial charge in [0.05, 0.1) is 26.2 Å². The van der Waals surface area contributed by atoms with Crippen molar-refractivity contribution in [1.82, 2.24) is 4.72 Å². The Morgan fingerprint density at radius 3 is 2.04 bits per heavy atom. The molecule has 152 valence electrons. The third-order valence-corrected chi connectivity index (χ3v) is 5.40. The lowest BCUT2D eigenvalue weighted by molar-refractivity contribution is -0.116. The van der Waals surface area contributed by atoms with E-state index in [1.54, 1.807) is 24.3 Å². The Balaban J connectivity index is 1.98. The van der Waals surface area contributed by atoms with Gasteiger partial charge in [0.2, 0.25) is 21.7 Å². The molecule has 0 radical (unpaired) electrons. The van der Waals surface area contributed by atoms with Gasteiger partial charge in [-0.15, -0.1) is 0 Å². The SMILES string of the molecule is COc1cc(NC(=O)CCNS(=O)(=O)c2ccc(C)cc2)cc(OC)c1OC. The molecule has 2 aromatic carbocycles. The van der Waals surface area contributed by atoms with E-state index >= 15 is 0 Å². The number of methoxy groups -OCH3 is 3. The number of carbonyl (C=O) groups excluding carboxylic acids is 1. The summed E-state index contributed by atoms with van der Waals surface area (Å²) in [5.74, 6) is 0.851. The first-order valence-electron chi connectivity index (χ1n) is 8.47. The molecule has 0 unspecified atom stereocenters. The molecule has 0 aromatic heterocycles. The van der Waals surface area contributed by atoms with Gasteiger partial charge in [-0.2, -0.15) is 0 Å². The molecule has 0 heterocycles. The van der Waals surface area contributed by atoms with E-state index in [4.69, 9.17) is 14.2 Å². The van der Waals surface area contributed by atoms with Crippen molar-refractivity contribution < 1.29 is 27.4 Å². The van der Waals surface area contributed by atoms with Crippen molar-refractivity contribution in [3.63, 3.8) is 0 Å². The average molecular weight is 408 g/mol. The standard InChI is InChI=1S/C19H24N2O6S/c1-13-5-7-15(8-6-13)28(23,24)20-10-9-18(22)21-14-11-16(25-2)19(27-4)17(12-14)26-3/h5-8,11-12,20H,9-10H2,1-4H3,(H,21,22). The fraction of sp³-hybridized carbons (Fsp3) is 0.316. The lowest BCUT2D eigenvalue weighted by atomic mass is 10.2. The molecule has 28 heavy (non-hydrogen) atoms. The summed E-state index contributed by atoms with van der Waals surface area (Å²) >= 11 is 0. The monoisotopic (exact) mass is 408 g/mol. The molecule has 1 amide bonds. The van der Waals surface area contributed by atoms with Gasteiger partial charge >= 0.3 is 0 Å². The summed E-state index contributed by atoms with van der Waals surface area (Å²) in [6.45, 7) is 1.84. The summed E-state index contributed by atoms with van der Waals surface area (Å²) in [6, 6.07) is 9.66. The highest BCUT2D eigenvalue weighted by molar-refractivity contribution is 7.89. The number of anilines is 1. The normalized spacial score (nSPS) is 11.0. The van der Waals surface area contributed by atoms with E-state index in [-0.39, 0.29) is 23.8 Å². The van der Waals surface area contributed by atoms with E-state index in [0.29, 0.717) is 22.9 Å². The van der Waals surface area contributed by atoms with Gasteiger partial charge in [0, 0.05) is 30.8 Å². The number of aryl methyl sites for hydroxylation is 1. The van der Waals surface area contributed by atoms with Crippen molar-refractivity contribution in [2.45, 2.75) is 18.2 Å². The molecule has 0 saturated heterocycles. The van der Waals surface area contributed by atoms with Crippen LogP contribution in [0.15, 0.2) is 41.3 Å². The van der Waals surface area contributed by atoms with Crippen LogP contribution < -0.4 is 24.2 Å². The third-order valence-electron chi connectivity index (χ3n) is 3.92. The summed E-state index contributed by atoms with van der Waals surface area (Å²) in [4.78, 5) is 12.3. The van der Waals surface area contributed by atoms with Crippen LogP contribution in [0.3, 0.4) is 0 Å². The van der Waals surface area contributed by atoms with Crippen LogP contribution >= 0.6 is 0 Å². The number of ether oxygens (including phenoxy) is 3. The fourth-order valence-corrected chi connectivity index (χ4v) is 3.51. The zero-order chi connectivity index (χ0) is 20.7. The van der Waals surface area contributed by atoms with Crippen LogP contribution in [0, 0.1) is 6.92 Å². The highest BCUT2D eigenvalue weighted by Gasteiger charge is 2.16. The van der Waals surface area contributed by atoms with Crippen LogP contribution in [0.25, 0.3) is 0 Å². The maximum Gasteiger partial charge on any atom is 0.240 e. The van der Waals surface area contributed by atoms with Crippen molar-refractivity contribution in [2.24, 2.45) is 0 Å². The van der Waals surface area contributed by atoms with Crippen molar-refractivity contribution in [1.29, 1.82) is 0 Å². The number of rotatable bonds is 9. The second-order valence-electron chi connectivity index (χ2n) is 5.92. The smallest absolute Gasteiger partial charge is 0.240 e. The van der Waals surface area contributed by atoms with Crippen molar-refractivity contribution >= 4 is 21.6 Å². The minimum Gasteiger partial charge on any atom is -0.493 e.